The fourth-order valence-corrected chi connectivity index (χ4v) is 9.46. The molecule has 19 nitrogen and oxygen atoms in total. The molecule has 0 unspecified atom stereocenters. The van der Waals surface area contributed by atoms with Crippen LogP contribution in [-0.4, -0.2) is 116 Å². The third-order valence-electron chi connectivity index (χ3n) is 11.7. The van der Waals surface area contributed by atoms with Crippen molar-refractivity contribution in [2.24, 2.45) is 22.4 Å². The molecule has 3 aliphatic rings. The lowest BCUT2D eigenvalue weighted by Crippen LogP contribution is -2.59. The quantitative estimate of drug-likeness (QED) is 0.0738. The Morgan fingerprint density at radius 1 is 0.857 bits per heavy atom. The first-order valence-corrected chi connectivity index (χ1v) is 23.3. The average molecular weight is 895 g/mol. The van der Waals surface area contributed by atoms with E-state index in [1.807, 2.05) is 0 Å². The van der Waals surface area contributed by atoms with Gasteiger partial charge in [0.1, 0.15) is 36.0 Å². The average Bonchev–Trinajstić information content (AvgIpc) is 3.75. The van der Waals surface area contributed by atoms with Crippen LogP contribution in [0.2, 0.25) is 0 Å². The van der Waals surface area contributed by atoms with Gasteiger partial charge in [0.25, 0.3) is 0 Å². The molecule has 11 N–H and O–H groups in total. The van der Waals surface area contributed by atoms with Gasteiger partial charge >= 0.3 is 0 Å². The summed E-state index contributed by atoms with van der Waals surface area (Å²) in [5.41, 5.74) is 12.2. The van der Waals surface area contributed by atoms with E-state index in [2.05, 4.69) is 36.3 Å². The van der Waals surface area contributed by atoms with Crippen molar-refractivity contribution in [3.8, 4) is 5.75 Å². The number of hydrogen-bond donors (Lipinski definition) is 9. The second-order valence-electron chi connectivity index (χ2n) is 16.6. The van der Waals surface area contributed by atoms with Gasteiger partial charge in [-0.15, -0.1) is 0 Å². The van der Waals surface area contributed by atoms with Gasteiger partial charge in [-0.25, -0.2) is 8.42 Å². The Morgan fingerprint density at radius 3 is 2.25 bits per heavy atom. The largest absolute Gasteiger partial charge is 0.508 e. The number of hydrogen-bond acceptors (Lipinski definition) is 10. The van der Waals surface area contributed by atoms with Crippen molar-refractivity contribution < 1.29 is 42.3 Å². The first kappa shape index (κ1) is 48.3. The van der Waals surface area contributed by atoms with E-state index in [0.29, 0.717) is 31.2 Å². The summed E-state index contributed by atoms with van der Waals surface area (Å²) in [6, 6.07) is 6.26. The molecule has 6 amide bonds. The SMILES string of the molecule is Cc1ccc(S(=O)(=O)N[C@@H](Cc2ccc(O)cc2)C(=O)N[C@H]2CCCNC(=O)[C@H](CCCN=C(N)N)NC(=O)CNC(=O)[C@@H](CC3CCCCC3)NC(=O)[C@@H]3CCCN3C2=O)cc1. The summed E-state index contributed by atoms with van der Waals surface area (Å²) in [5, 5.41) is 23.6. The molecule has 63 heavy (non-hydrogen) atoms. The van der Waals surface area contributed by atoms with Crippen LogP contribution in [0.15, 0.2) is 58.4 Å². The van der Waals surface area contributed by atoms with Crippen LogP contribution in [-0.2, 0) is 45.2 Å². The third kappa shape index (κ3) is 14.7. The van der Waals surface area contributed by atoms with Crippen molar-refractivity contribution in [1.29, 1.82) is 0 Å². The van der Waals surface area contributed by atoms with Gasteiger partial charge < -0.3 is 48.1 Å². The Bertz CT molecular complexity index is 2060. The van der Waals surface area contributed by atoms with Crippen LogP contribution in [0.1, 0.15) is 88.2 Å². The molecule has 5 rings (SSSR count). The fourth-order valence-electron chi connectivity index (χ4n) is 8.27. The van der Waals surface area contributed by atoms with Crippen molar-refractivity contribution in [2.75, 3.05) is 26.2 Å². The minimum atomic E-state index is -4.26. The summed E-state index contributed by atoms with van der Waals surface area (Å²) in [5.74, 6) is -3.69. The predicted octanol–water partition coefficient (Wildman–Crippen LogP) is 0.0858. The summed E-state index contributed by atoms with van der Waals surface area (Å²) in [6.45, 7) is 1.74. The first-order valence-electron chi connectivity index (χ1n) is 21.8. The minimum absolute atomic E-state index is 0.0131. The standard InChI is InChI=1S/C43H62N10O9S/c1-27-13-19-31(20-14-27)63(61,62)52-35(25-29-15-17-30(54)18-16-29)40(58)50-33-11-6-21-46-38(56)32(10-5-22-47-43(44)45)49-37(55)26-48-39(57)34(24-28-8-3-2-4-9-28)51-41(59)36-12-7-23-53(36)42(33)60/h13-20,28,32-36,52,54H,2-12,21-26H2,1H3,(H,46,56)(H,48,57)(H,49,55)(H,50,58)(H,51,59)(H4,44,45,47)/t32-,33-,34+,35-,36-/m0/s1. The predicted molar refractivity (Wildman–Crippen MR) is 234 cm³/mol. The number of carbonyl (C=O) groups excluding carboxylic acids is 6. The molecule has 3 fully saturated rings. The number of nitrogens with two attached hydrogens (primary N) is 2. The second kappa shape index (κ2) is 23.1. The van der Waals surface area contributed by atoms with Crippen LogP contribution in [0.5, 0.6) is 5.75 Å². The van der Waals surface area contributed by atoms with E-state index in [9.17, 15) is 42.3 Å². The van der Waals surface area contributed by atoms with Crippen molar-refractivity contribution in [1.82, 2.24) is 36.2 Å². The monoisotopic (exact) mass is 894 g/mol. The van der Waals surface area contributed by atoms with Gasteiger partial charge in [0, 0.05) is 19.6 Å². The highest BCUT2D eigenvalue weighted by Gasteiger charge is 2.40. The molecular formula is C43H62N10O9S. The van der Waals surface area contributed by atoms with Crippen molar-refractivity contribution in [3.63, 3.8) is 0 Å². The number of phenolic OH excluding ortho intramolecular Hbond substituents is 1. The number of aryl methyl sites for hydroxylation is 1. The Kier molecular flexibility index (Phi) is 17.7. The topological polar surface area (TPSA) is 297 Å². The summed E-state index contributed by atoms with van der Waals surface area (Å²) in [4.78, 5) is 88.7. The van der Waals surface area contributed by atoms with E-state index < -0.39 is 82.2 Å². The number of aliphatic imine (C=N–C) groups is 1. The number of aromatic hydroxyl groups is 1. The summed E-state index contributed by atoms with van der Waals surface area (Å²) in [7, 11) is -4.26. The van der Waals surface area contributed by atoms with Crippen molar-refractivity contribution in [3.05, 3.63) is 59.7 Å². The van der Waals surface area contributed by atoms with Crippen LogP contribution in [0.4, 0.5) is 0 Å². The molecular weight excluding hydrogens is 833 g/mol. The summed E-state index contributed by atoms with van der Waals surface area (Å²) in [6.07, 6.45) is 6.35. The minimum Gasteiger partial charge on any atom is -0.508 e. The van der Waals surface area contributed by atoms with Gasteiger partial charge in [-0.2, -0.15) is 4.72 Å². The molecule has 2 aromatic rings. The number of fused-ring (bicyclic) bond motifs is 1. The Morgan fingerprint density at radius 2 is 1.56 bits per heavy atom. The second-order valence-corrected chi connectivity index (χ2v) is 18.3. The zero-order chi connectivity index (χ0) is 45.5. The number of carbonyl (C=O) groups is 6. The van der Waals surface area contributed by atoms with Crippen LogP contribution < -0.4 is 42.8 Å². The molecule has 0 bridgehead atoms. The van der Waals surface area contributed by atoms with Crippen LogP contribution >= 0.6 is 0 Å². The maximum Gasteiger partial charge on any atom is 0.245 e. The Labute approximate surface area is 368 Å². The van der Waals surface area contributed by atoms with Crippen molar-refractivity contribution >= 4 is 51.4 Å². The molecule has 0 radical (unpaired) electrons. The molecule has 344 valence electrons. The molecule has 20 heteroatoms. The lowest BCUT2D eigenvalue weighted by Gasteiger charge is -2.32. The van der Waals surface area contributed by atoms with E-state index in [-0.39, 0.29) is 67.8 Å². The van der Waals surface area contributed by atoms with Gasteiger partial charge in [-0.05, 0) is 94.0 Å². The van der Waals surface area contributed by atoms with Gasteiger partial charge in [-0.1, -0.05) is 61.9 Å². The normalized spacial score (nSPS) is 22.9. The van der Waals surface area contributed by atoms with E-state index in [1.54, 1.807) is 31.2 Å². The van der Waals surface area contributed by atoms with Gasteiger partial charge in [0.05, 0.1) is 11.4 Å². The molecule has 0 spiro atoms. The van der Waals surface area contributed by atoms with Gasteiger partial charge in [-0.3, -0.25) is 33.8 Å². The van der Waals surface area contributed by atoms with E-state index in [4.69, 9.17) is 11.5 Å². The number of nitrogens with zero attached hydrogens (tertiary/aromatic N) is 2. The van der Waals surface area contributed by atoms with E-state index >= 15 is 0 Å². The Balaban J connectivity index is 1.43. The fraction of sp³-hybridized carbons (Fsp3) is 0.558. The third-order valence-corrected chi connectivity index (χ3v) is 13.2. The van der Waals surface area contributed by atoms with Crippen LogP contribution in [0.25, 0.3) is 0 Å². The summed E-state index contributed by atoms with van der Waals surface area (Å²) < 4.78 is 29.8. The zero-order valence-corrected chi connectivity index (χ0v) is 36.6. The molecule has 5 atom stereocenters. The van der Waals surface area contributed by atoms with Gasteiger partial charge in [0.2, 0.25) is 45.5 Å². The first-order chi connectivity index (χ1) is 30.1. The van der Waals surface area contributed by atoms with Gasteiger partial charge in [0.15, 0.2) is 5.96 Å². The zero-order valence-electron chi connectivity index (χ0n) is 35.8. The smallest absolute Gasteiger partial charge is 0.245 e. The van der Waals surface area contributed by atoms with Crippen LogP contribution in [0.3, 0.4) is 0 Å². The number of rotatable bonds is 13. The van der Waals surface area contributed by atoms with Crippen LogP contribution in [0, 0.1) is 12.8 Å². The number of phenols is 1. The highest BCUT2D eigenvalue weighted by Crippen LogP contribution is 2.28. The van der Waals surface area contributed by atoms with E-state index in [0.717, 1.165) is 37.7 Å². The van der Waals surface area contributed by atoms with Crippen molar-refractivity contribution in [2.45, 2.75) is 125 Å². The lowest BCUT2D eigenvalue weighted by atomic mass is 9.84. The number of guanidine groups is 1. The molecule has 2 heterocycles. The molecule has 2 aromatic carbocycles. The maximum absolute atomic E-state index is 14.6. The molecule has 2 aliphatic heterocycles. The lowest BCUT2D eigenvalue weighted by molar-refractivity contribution is -0.142. The molecule has 1 aliphatic carbocycles. The number of sulfonamides is 1. The summed E-state index contributed by atoms with van der Waals surface area (Å²) >= 11 is 0. The number of nitrogens with one attached hydrogen (secondary N) is 6. The van der Waals surface area contributed by atoms with E-state index in [1.165, 1.54) is 29.2 Å². The molecule has 1 saturated carbocycles. The Hall–Kier alpha value is -5.76. The molecule has 2 saturated heterocycles. The number of amides is 6. The molecule has 0 aromatic heterocycles. The highest BCUT2D eigenvalue weighted by atomic mass is 32.2. The number of benzene rings is 2. The maximum atomic E-state index is 14.6. The highest BCUT2D eigenvalue weighted by molar-refractivity contribution is 7.89.